The van der Waals surface area contributed by atoms with E-state index in [0.29, 0.717) is 6.42 Å². The first-order chi connectivity index (χ1) is 10.6. The molecule has 0 N–H and O–H groups in total. The largest absolute Gasteiger partial charge is 0.460 e. The highest BCUT2D eigenvalue weighted by molar-refractivity contribution is 6.74. The van der Waals surface area contributed by atoms with Gasteiger partial charge in [-0.2, -0.15) is 0 Å². The van der Waals surface area contributed by atoms with E-state index in [1.54, 1.807) is 0 Å². The van der Waals surface area contributed by atoms with Crippen LogP contribution in [0.5, 0.6) is 0 Å². The molecule has 0 aromatic rings. The van der Waals surface area contributed by atoms with E-state index in [4.69, 9.17) is 13.9 Å². The minimum atomic E-state index is -1.91. The Kier molecular flexibility index (Phi) is 5.06. The lowest BCUT2D eigenvalue weighted by molar-refractivity contribution is -0.163. The number of esters is 1. The summed E-state index contributed by atoms with van der Waals surface area (Å²) in [7, 11) is -1.91. The molecule has 3 rings (SSSR count). The second-order valence-electron chi connectivity index (χ2n) is 10.4. The van der Waals surface area contributed by atoms with Crippen molar-refractivity contribution in [3.05, 3.63) is 0 Å². The summed E-state index contributed by atoms with van der Waals surface area (Å²) in [6.45, 7) is 19.6. The van der Waals surface area contributed by atoms with Gasteiger partial charge in [0.05, 0.1) is 24.2 Å². The topological polar surface area (TPSA) is 44.8 Å². The van der Waals surface area contributed by atoms with Crippen LogP contribution >= 0.6 is 0 Å². The summed E-state index contributed by atoms with van der Waals surface area (Å²) in [5.74, 6) is -0.108. The average molecular weight is 357 g/mol. The van der Waals surface area contributed by atoms with Crippen molar-refractivity contribution in [2.75, 3.05) is 0 Å². The number of ether oxygens (including phenoxy) is 2. The zero-order valence-electron chi connectivity index (χ0n) is 17.0. The van der Waals surface area contributed by atoms with E-state index in [1.807, 2.05) is 0 Å². The van der Waals surface area contributed by atoms with E-state index in [1.165, 1.54) is 0 Å². The van der Waals surface area contributed by atoms with Gasteiger partial charge in [-0.15, -0.1) is 0 Å². The van der Waals surface area contributed by atoms with Crippen LogP contribution in [0.25, 0.3) is 0 Å². The molecule has 1 saturated carbocycles. The van der Waals surface area contributed by atoms with Gasteiger partial charge in [0, 0.05) is 11.8 Å². The Morgan fingerprint density at radius 1 is 1.17 bits per heavy atom. The van der Waals surface area contributed by atoms with Gasteiger partial charge < -0.3 is 13.9 Å². The first-order valence-electron chi connectivity index (χ1n) is 9.18. The minimum absolute atomic E-state index is 0.0119. The highest BCUT2D eigenvalue weighted by Gasteiger charge is 2.54. The second kappa shape index (κ2) is 6.10. The van der Waals surface area contributed by atoms with E-state index >= 15 is 0 Å². The second-order valence-corrected chi connectivity index (χ2v) is 15.2. The van der Waals surface area contributed by atoms with E-state index < -0.39 is 8.32 Å². The molecule has 0 aromatic heterocycles. The molecule has 3 fully saturated rings. The van der Waals surface area contributed by atoms with Crippen molar-refractivity contribution in [3.63, 3.8) is 0 Å². The third-order valence-electron chi connectivity index (χ3n) is 5.88. The van der Waals surface area contributed by atoms with Crippen LogP contribution in [0.2, 0.25) is 18.1 Å². The molecule has 4 atom stereocenters. The summed E-state index contributed by atoms with van der Waals surface area (Å²) in [6.07, 6.45) is 1.82. The SMILES string of the molecule is CC(C)(C)O[C@H]1C[C@H]2OC(=O)C[C@]1(C)C[C@H]2O[Si](C)(C)C(C)(C)C. The van der Waals surface area contributed by atoms with Crippen molar-refractivity contribution in [2.45, 2.75) is 110 Å². The summed E-state index contributed by atoms with van der Waals surface area (Å²) in [5.41, 5.74) is -0.443. The van der Waals surface area contributed by atoms with Crippen molar-refractivity contribution >= 4 is 14.3 Å². The molecule has 2 aliphatic heterocycles. The van der Waals surface area contributed by atoms with Gasteiger partial charge in [-0.25, -0.2) is 0 Å². The number of carbonyl (C=O) groups is 1. The van der Waals surface area contributed by atoms with Gasteiger partial charge in [0.25, 0.3) is 0 Å². The normalized spacial score (nSPS) is 34.9. The molecule has 24 heavy (non-hydrogen) atoms. The van der Waals surface area contributed by atoms with Gasteiger partial charge in [-0.1, -0.05) is 27.7 Å². The van der Waals surface area contributed by atoms with Crippen molar-refractivity contribution in [1.82, 2.24) is 0 Å². The molecule has 2 bridgehead atoms. The Morgan fingerprint density at radius 2 is 1.75 bits per heavy atom. The van der Waals surface area contributed by atoms with Crippen molar-refractivity contribution in [3.8, 4) is 0 Å². The molecule has 5 heteroatoms. The Bertz CT molecular complexity index is 489. The molecule has 0 unspecified atom stereocenters. The van der Waals surface area contributed by atoms with Crippen LogP contribution in [0.4, 0.5) is 0 Å². The molecule has 0 aromatic carbocycles. The number of hydrogen-bond acceptors (Lipinski definition) is 4. The molecule has 3 aliphatic rings. The van der Waals surface area contributed by atoms with E-state index in [-0.39, 0.29) is 40.3 Å². The molecule has 2 heterocycles. The minimum Gasteiger partial charge on any atom is -0.460 e. The molecule has 140 valence electrons. The van der Waals surface area contributed by atoms with Gasteiger partial charge in [-0.3, -0.25) is 4.79 Å². The van der Waals surface area contributed by atoms with Crippen molar-refractivity contribution < 1.29 is 18.7 Å². The van der Waals surface area contributed by atoms with Crippen LogP contribution in [-0.2, 0) is 18.7 Å². The smallest absolute Gasteiger partial charge is 0.306 e. The van der Waals surface area contributed by atoms with Gasteiger partial charge in [0.1, 0.15) is 6.10 Å². The van der Waals surface area contributed by atoms with Crippen molar-refractivity contribution in [1.29, 1.82) is 0 Å². The van der Waals surface area contributed by atoms with Gasteiger partial charge in [0.15, 0.2) is 8.32 Å². The monoisotopic (exact) mass is 356 g/mol. The zero-order valence-corrected chi connectivity index (χ0v) is 18.0. The van der Waals surface area contributed by atoms with Crippen LogP contribution in [0, 0.1) is 5.41 Å². The lowest BCUT2D eigenvalue weighted by atomic mass is 9.70. The molecule has 2 saturated heterocycles. The first-order valence-corrected chi connectivity index (χ1v) is 12.1. The zero-order chi connectivity index (χ0) is 18.6. The van der Waals surface area contributed by atoms with E-state index in [9.17, 15) is 4.79 Å². The fourth-order valence-corrected chi connectivity index (χ4v) is 4.86. The van der Waals surface area contributed by atoms with Crippen LogP contribution < -0.4 is 0 Å². The van der Waals surface area contributed by atoms with Crippen LogP contribution in [0.15, 0.2) is 0 Å². The fraction of sp³-hybridized carbons (Fsp3) is 0.947. The predicted octanol–water partition coefficient (Wildman–Crippen LogP) is 4.68. The molecule has 1 aliphatic carbocycles. The van der Waals surface area contributed by atoms with Crippen LogP contribution in [-0.4, -0.2) is 38.2 Å². The van der Waals surface area contributed by atoms with Gasteiger partial charge in [0.2, 0.25) is 0 Å². The molecule has 4 nitrogen and oxygen atoms in total. The number of hydrogen-bond donors (Lipinski definition) is 0. The Balaban J connectivity index is 2.24. The summed E-state index contributed by atoms with van der Waals surface area (Å²) >= 11 is 0. The van der Waals surface area contributed by atoms with Crippen LogP contribution in [0.3, 0.4) is 0 Å². The maximum Gasteiger partial charge on any atom is 0.306 e. The summed E-state index contributed by atoms with van der Waals surface area (Å²) in [6, 6.07) is 0. The van der Waals surface area contributed by atoms with E-state index in [0.717, 1.165) is 12.8 Å². The Hall–Kier alpha value is -0.393. The lowest BCUT2D eigenvalue weighted by Crippen LogP contribution is -2.54. The average Bonchev–Trinajstić information content (AvgIpc) is 2.49. The maximum atomic E-state index is 12.2. The van der Waals surface area contributed by atoms with Gasteiger partial charge in [-0.05, 0) is 45.3 Å². The highest BCUT2D eigenvalue weighted by atomic mass is 28.4. The van der Waals surface area contributed by atoms with Crippen LogP contribution in [0.1, 0.15) is 67.7 Å². The van der Waals surface area contributed by atoms with E-state index in [2.05, 4.69) is 61.6 Å². The first kappa shape index (κ1) is 19.9. The lowest BCUT2D eigenvalue weighted by Gasteiger charge is -2.48. The quantitative estimate of drug-likeness (QED) is 0.544. The molecule has 0 amide bonds. The summed E-state index contributed by atoms with van der Waals surface area (Å²) in [4.78, 5) is 12.2. The third kappa shape index (κ3) is 4.22. The number of rotatable bonds is 3. The van der Waals surface area contributed by atoms with Crippen molar-refractivity contribution in [2.24, 2.45) is 5.41 Å². The molecular weight excluding hydrogens is 320 g/mol. The molecule has 0 spiro atoms. The molecular formula is C19H36O4Si. The Labute approximate surface area is 148 Å². The summed E-state index contributed by atoms with van der Waals surface area (Å²) < 4.78 is 18.7. The fourth-order valence-electron chi connectivity index (χ4n) is 3.51. The molecule has 0 radical (unpaired) electrons. The maximum absolute atomic E-state index is 12.2. The number of fused-ring (bicyclic) bond motifs is 4. The predicted molar refractivity (Wildman–Crippen MR) is 98.5 cm³/mol. The standard InChI is InChI=1S/C19H36O4Si/c1-17(2,3)22-15-10-13-14(23-24(8,9)18(4,5)6)11-19(15,7)12-16(20)21-13/h13-15H,10-12H2,1-9H3/t13-,14-,15+,19+/m1/s1. The highest BCUT2D eigenvalue weighted by Crippen LogP contribution is 2.49. The Morgan fingerprint density at radius 3 is 2.25 bits per heavy atom. The summed E-state index contributed by atoms with van der Waals surface area (Å²) in [5, 5.41) is 0.144. The third-order valence-corrected chi connectivity index (χ3v) is 10.4. The number of carbonyl (C=O) groups excluding carboxylic acids is 1. The van der Waals surface area contributed by atoms with Gasteiger partial charge >= 0.3 is 5.97 Å².